The van der Waals surface area contributed by atoms with Crippen LogP contribution in [-0.4, -0.2) is 41.4 Å². The predicted octanol–water partition coefficient (Wildman–Crippen LogP) is 2.53. The molecular formula is C15H30N4. The maximum atomic E-state index is 4.58. The average Bonchev–Trinajstić information content (AvgIpc) is 2.73. The van der Waals surface area contributed by atoms with Crippen molar-refractivity contribution < 1.29 is 0 Å². The Kier molecular flexibility index (Phi) is 6.52. The van der Waals surface area contributed by atoms with Crippen LogP contribution in [0.3, 0.4) is 0 Å². The molecule has 0 aliphatic carbocycles. The van der Waals surface area contributed by atoms with Crippen LogP contribution >= 0.6 is 0 Å². The van der Waals surface area contributed by atoms with Crippen LogP contribution in [0.2, 0.25) is 0 Å². The van der Waals surface area contributed by atoms with Gasteiger partial charge in [0.25, 0.3) is 0 Å². The van der Waals surface area contributed by atoms with E-state index in [0.717, 1.165) is 18.8 Å². The fraction of sp³-hybridized carbons (Fsp3) is 0.800. The summed E-state index contributed by atoms with van der Waals surface area (Å²) in [7, 11) is 4.25. The summed E-state index contributed by atoms with van der Waals surface area (Å²) in [6, 6.07) is 3.07. The van der Waals surface area contributed by atoms with Crippen LogP contribution in [0.5, 0.6) is 0 Å². The Morgan fingerprint density at radius 2 is 1.95 bits per heavy atom. The molecule has 0 saturated carbocycles. The van der Waals surface area contributed by atoms with Crippen LogP contribution in [0, 0.1) is 5.92 Å². The summed E-state index contributed by atoms with van der Waals surface area (Å²) in [6.07, 6.45) is 3.26. The van der Waals surface area contributed by atoms with Crippen LogP contribution in [0.4, 0.5) is 0 Å². The van der Waals surface area contributed by atoms with E-state index in [4.69, 9.17) is 0 Å². The van der Waals surface area contributed by atoms with E-state index in [0.29, 0.717) is 18.0 Å². The lowest BCUT2D eigenvalue weighted by atomic mass is 10.0. The highest BCUT2D eigenvalue weighted by atomic mass is 15.3. The summed E-state index contributed by atoms with van der Waals surface area (Å²) in [5, 5.41) is 8.21. The Hall–Kier alpha value is -0.870. The zero-order valence-corrected chi connectivity index (χ0v) is 13.3. The van der Waals surface area contributed by atoms with Crippen molar-refractivity contribution in [3.05, 3.63) is 18.0 Å². The lowest BCUT2D eigenvalue weighted by Crippen LogP contribution is -2.38. The van der Waals surface area contributed by atoms with Gasteiger partial charge in [-0.25, -0.2) is 0 Å². The first-order valence-corrected chi connectivity index (χ1v) is 7.30. The van der Waals surface area contributed by atoms with Crippen LogP contribution in [-0.2, 0) is 6.54 Å². The number of likely N-dealkylation sites (N-methyl/N-ethyl adjacent to an activating group) is 1. The zero-order chi connectivity index (χ0) is 14.4. The fourth-order valence-corrected chi connectivity index (χ4v) is 2.24. The van der Waals surface area contributed by atoms with Gasteiger partial charge in [0, 0.05) is 31.4 Å². The third-order valence-electron chi connectivity index (χ3n) is 3.11. The molecule has 19 heavy (non-hydrogen) atoms. The number of aromatic nitrogens is 2. The minimum Gasteiger partial charge on any atom is -0.308 e. The van der Waals surface area contributed by atoms with Gasteiger partial charge in [-0.05, 0) is 46.3 Å². The lowest BCUT2D eigenvalue weighted by Gasteiger charge is -2.23. The summed E-state index contributed by atoms with van der Waals surface area (Å²) in [5.74, 6) is 0.714. The van der Waals surface area contributed by atoms with Gasteiger partial charge in [-0.2, -0.15) is 5.10 Å². The number of nitrogens with one attached hydrogen (secondary N) is 1. The molecule has 110 valence electrons. The van der Waals surface area contributed by atoms with Gasteiger partial charge in [0.05, 0.1) is 5.69 Å². The number of nitrogens with zero attached hydrogens (tertiary/aromatic N) is 3. The quantitative estimate of drug-likeness (QED) is 0.785. The van der Waals surface area contributed by atoms with Gasteiger partial charge in [0.1, 0.15) is 0 Å². The van der Waals surface area contributed by atoms with Crippen molar-refractivity contribution in [2.24, 2.45) is 5.92 Å². The van der Waals surface area contributed by atoms with Crippen molar-refractivity contribution in [2.75, 3.05) is 20.6 Å². The van der Waals surface area contributed by atoms with Crippen molar-refractivity contribution in [1.29, 1.82) is 0 Å². The SMILES string of the molecule is CC(C)CC(CN(C)C)NCc1ccn(C(C)C)n1. The summed E-state index contributed by atoms with van der Waals surface area (Å²) in [4.78, 5) is 2.24. The van der Waals surface area contributed by atoms with Gasteiger partial charge in [0.2, 0.25) is 0 Å². The Labute approximate surface area is 118 Å². The van der Waals surface area contributed by atoms with Crippen molar-refractivity contribution in [3.63, 3.8) is 0 Å². The molecule has 0 aliphatic heterocycles. The first kappa shape index (κ1) is 16.2. The van der Waals surface area contributed by atoms with Crippen LogP contribution in [0.1, 0.15) is 45.9 Å². The normalized spacial score (nSPS) is 13.7. The Morgan fingerprint density at radius 1 is 1.26 bits per heavy atom. The summed E-state index contributed by atoms with van der Waals surface area (Å²) >= 11 is 0. The molecule has 0 aromatic carbocycles. The second-order valence-electron chi connectivity index (χ2n) is 6.35. The molecule has 0 spiro atoms. The molecule has 1 rings (SSSR count). The van der Waals surface area contributed by atoms with Crippen molar-refractivity contribution in [2.45, 2.75) is 52.7 Å². The molecule has 1 unspecified atom stereocenters. The van der Waals surface area contributed by atoms with E-state index in [9.17, 15) is 0 Å². The molecule has 1 heterocycles. The van der Waals surface area contributed by atoms with E-state index >= 15 is 0 Å². The van der Waals surface area contributed by atoms with Gasteiger partial charge in [-0.15, -0.1) is 0 Å². The summed E-state index contributed by atoms with van der Waals surface area (Å²) < 4.78 is 2.01. The standard InChI is InChI=1S/C15H30N4/c1-12(2)9-15(11-18(5)6)16-10-14-7-8-19(17-14)13(3)4/h7-8,12-13,15-16H,9-11H2,1-6H3. The largest absolute Gasteiger partial charge is 0.308 e. The second-order valence-corrected chi connectivity index (χ2v) is 6.35. The number of hydrogen-bond acceptors (Lipinski definition) is 3. The molecule has 0 fully saturated rings. The highest BCUT2D eigenvalue weighted by Gasteiger charge is 2.12. The van der Waals surface area contributed by atoms with Gasteiger partial charge in [-0.1, -0.05) is 13.8 Å². The van der Waals surface area contributed by atoms with Crippen LogP contribution in [0.15, 0.2) is 12.3 Å². The molecule has 4 nitrogen and oxygen atoms in total. The van der Waals surface area contributed by atoms with E-state index in [2.05, 4.69) is 69.4 Å². The first-order valence-electron chi connectivity index (χ1n) is 7.30. The highest BCUT2D eigenvalue weighted by Crippen LogP contribution is 2.08. The molecule has 4 heteroatoms. The summed E-state index contributed by atoms with van der Waals surface area (Å²) in [6.45, 7) is 10.8. The predicted molar refractivity (Wildman–Crippen MR) is 81.2 cm³/mol. The van der Waals surface area contributed by atoms with Crippen LogP contribution < -0.4 is 5.32 Å². The van der Waals surface area contributed by atoms with Gasteiger partial charge >= 0.3 is 0 Å². The minimum absolute atomic E-state index is 0.432. The van der Waals surface area contributed by atoms with Crippen LogP contribution in [0.25, 0.3) is 0 Å². The molecule has 1 atom stereocenters. The lowest BCUT2D eigenvalue weighted by molar-refractivity contribution is 0.304. The van der Waals surface area contributed by atoms with Gasteiger partial charge in [0.15, 0.2) is 0 Å². The van der Waals surface area contributed by atoms with E-state index in [-0.39, 0.29) is 0 Å². The molecule has 0 radical (unpaired) electrons. The molecule has 1 aromatic heterocycles. The second kappa shape index (κ2) is 7.65. The van der Waals surface area contributed by atoms with Crippen molar-refractivity contribution in [1.82, 2.24) is 20.0 Å². The Morgan fingerprint density at radius 3 is 2.42 bits per heavy atom. The van der Waals surface area contributed by atoms with E-state index in [1.807, 2.05) is 4.68 Å². The molecule has 1 aromatic rings. The topological polar surface area (TPSA) is 33.1 Å². The molecule has 0 aliphatic rings. The van der Waals surface area contributed by atoms with Gasteiger partial charge < -0.3 is 10.2 Å². The van der Waals surface area contributed by atoms with Crippen molar-refractivity contribution in [3.8, 4) is 0 Å². The molecule has 0 amide bonds. The van der Waals surface area contributed by atoms with E-state index < -0.39 is 0 Å². The summed E-state index contributed by atoms with van der Waals surface area (Å²) in [5.41, 5.74) is 1.13. The van der Waals surface area contributed by atoms with Crippen molar-refractivity contribution >= 4 is 0 Å². The van der Waals surface area contributed by atoms with Gasteiger partial charge in [-0.3, -0.25) is 4.68 Å². The zero-order valence-electron chi connectivity index (χ0n) is 13.3. The minimum atomic E-state index is 0.432. The Balaban J connectivity index is 2.49. The molecule has 1 N–H and O–H groups in total. The number of rotatable bonds is 8. The Bertz CT molecular complexity index is 345. The molecular weight excluding hydrogens is 236 g/mol. The molecule has 0 bridgehead atoms. The van der Waals surface area contributed by atoms with E-state index in [1.54, 1.807) is 0 Å². The maximum absolute atomic E-state index is 4.58. The maximum Gasteiger partial charge on any atom is 0.0762 e. The fourth-order valence-electron chi connectivity index (χ4n) is 2.24. The smallest absolute Gasteiger partial charge is 0.0762 e. The third-order valence-corrected chi connectivity index (χ3v) is 3.11. The van der Waals surface area contributed by atoms with E-state index in [1.165, 1.54) is 6.42 Å². The monoisotopic (exact) mass is 266 g/mol. The molecule has 0 saturated heterocycles. The average molecular weight is 266 g/mol. The number of hydrogen-bond donors (Lipinski definition) is 1. The highest BCUT2D eigenvalue weighted by molar-refractivity contribution is 4.99. The third kappa shape index (κ3) is 6.21. The first-order chi connectivity index (χ1) is 8.88.